The van der Waals surface area contributed by atoms with Crippen LogP contribution in [0.1, 0.15) is 73.5 Å². The van der Waals surface area contributed by atoms with Gasteiger partial charge in [0.1, 0.15) is 11.4 Å². The number of carbonyl (C=O) groups is 2. The summed E-state index contributed by atoms with van der Waals surface area (Å²) in [6, 6.07) is 11.3. The summed E-state index contributed by atoms with van der Waals surface area (Å²) >= 11 is 0. The molecule has 1 saturated carbocycles. The quantitative estimate of drug-likeness (QED) is 0.531. The van der Waals surface area contributed by atoms with Crippen molar-refractivity contribution in [1.82, 2.24) is 4.90 Å². The summed E-state index contributed by atoms with van der Waals surface area (Å²) in [5.41, 5.74) is -0.144. The summed E-state index contributed by atoms with van der Waals surface area (Å²) in [7, 11) is 0. The fourth-order valence-electron chi connectivity index (χ4n) is 5.36. The van der Waals surface area contributed by atoms with E-state index in [1.807, 2.05) is 0 Å². The number of carbonyl (C=O) groups excluding carboxylic acids is 1. The summed E-state index contributed by atoms with van der Waals surface area (Å²) in [5, 5.41) is 9.13. The van der Waals surface area contributed by atoms with Crippen LogP contribution in [0.5, 0.6) is 0 Å². The smallest absolute Gasteiger partial charge is 0.416 e. The number of halogens is 3. The van der Waals surface area contributed by atoms with Gasteiger partial charge in [-0.2, -0.15) is 13.2 Å². The summed E-state index contributed by atoms with van der Waals surface area (Å²) in [6.45, 7) is 6.94. The van der Waals surface area contributed by atoms with Crippen molar-refractivity contribution >= 4 is 17.6 Å². The zero-order valence-corrected chi connectivity index (χ0v) is 20.7. The molecule has 1 N–H and O–H groups in total. The highest BCUT2D eigenvalue weighted by atomic mass is 19.4. The van der Waals surface area contributed by atoms with Gasteiger partial charge >= 0.3 is 12.1 Å². The first-order chi connectivity index (χ1) is 16.8. The first-order valence-corrected chi connectivity index (χ1v) is 12.2. The van der Waals surface area contributed by atoms with Crippen LogP contribution in [-0.4, -0.2) is 39.8 Å². The van der Waals surface area contributed by atoms with Crippen molar-refractivity contribution in [2.24, 2.45) is 16.3 Å². The molecule has 4 rings (SSSR count). The molecule has 0 atom stereocenters. The van der Waals surface area contributed by atoms with Gasteiger partial charge in [-0.1, -0.05) is 45.0 Å². The largest absolute Gasteiger partial charge is 0.478 e. The molecule has 1 aliphatic heterocycles. The van der Waals surface area contributed by atoms with Gasteiger partial charge in [0.2, 0.25) is 0 Å². The Morgan fingerprint density at radius 3 is 2.28 bits per heavy atom. The van der Waals surface area contributed by atoms with Gasteiger partial charge in [-0.3, -0.25) is 9.79 Å². The maximum Gasteiger partial charge on any atom is 0.416 e. The fourth-order valence-corrected chi connectivity index (χ4v) is 5.36. The van der Waals surface area contributed by atoms with Crippen molar-refractivity contribution in [3.05, 3.63) is 70.8 Å². The van der Waals surface area contributed by atoms with Crippen LogP contribution in [0.25, 0.3) is 0 Å². The lowest BCUT2D eigenvalue weighted by Crippen LogP contribution is -2.50. The second-order valence-corrected chi connectivity index (χ2v) is 10.9. The van der Waals surface area contributed by atoms with E-state index >= 15 is 0 Å². The van der Waals surface area contributed by atoms with Crippen LogP contribution in [0.3, 0.4) is 0 Å². The third kappa shape index (κ3) is 5.18. The number of rotatable bonds is 5. The molecule has 0 unspecified atom stereocenters. The van der Waals surface area contributed by atoms with Gasteiger partial charge in [-0.25, -0.2) is 4.79 Å². The van der Waals surface area contributed by atoms with Crippen molar-refractivity contribution in [3.63, 3.8) is 0 Å². The molecule has 36 heavy (non-hydrogen) atoms. The van der Waals surface area contributed by atoms with E-state index in [4.69, 9.17) is 10.1 Å². The Hall–Kier alpha value is -3.16. The van der Waals surface area contributed by atoms with Crippen molar-refractivity contribution in [1.29, 1.82) is 0 Å². The van der Waals surface area contributed by atoms with Gasteiger partial charge < -0.3 is 10.0 Å². The average Bonchev–Trinajstić information content (AvgIpc) is 3.08. The van der Waals surface area contributed by atoms with Crippen LogP contribution in [-0.2, 0) is 17.4 Å². The highest BCUT2D eigenvalue weighted by Crippen LogP contribution is 2.46. The second kappa shape index (κ2) is 9.37. The van der Waals surface area contributed by atoms with Crippen LogP contribution < -0.4 is 0 Å². The molecule has 0 radical (unpaired) electrons. The monoisotopic (exact) mass is 500 g/mol. The standard InChI is InChI=1S/C28H31F3N2O3/c1-26(2,3)21-11-14-27(15-12-21)32-23(20-5-4-6-22(17-20)28(29,30)31)24(34)33(27)16-13-18-7-9-19(10-8-18)25(35)36/h4-10,17,21H,11-16H2,1-3H3,(H,35,36). The van der Waals surface area contributed by atoms with Gasteiger partial charge in [0.25, 0.3) is 5.91 Å². The van der Waals surface area contributed by atoms with E-state index < -0.39 is 23.4 Å². The maximum atomic E-state index is 13.6. The summed E-state index contributed by atoms with van der Waals surface area (Å²) in [4.78, 5) is 31.3. The molecule has 1 fully saturated rings. The SMILES string of the molecule is CC(C)(C)C1CCC2(CC1)N=C(c1cccc(C(F)(F)F)c1)C(=O)N2CCc1ccc(C(=O)O)cc1. The third-order valence-corrected chi connectivity index (χ3v) is 7.57. The van der Waals surface area contributed by atoms with Crippen LogP contribution >= 0.6 is 0 Å². The van der Waals surface area contributed by atoms with E-state index in [1.54, 1.807) is 17.0 Å². The normalized spacial score (nSPS) is 22.7. The van der Waals surface area contributed by atoms with E-state index in [0.717, 1.165) is 30.5 Å². The molecule has 1 spiro atoms. The number of carboxylic acids is 1. The molecule has 192 valence electrons. The zero-order valence-electron chi connectivity index (χ0n) is 20.7. The summed E-state index contributed by atoms with van der Waals surface area (Å²) < 4.78 is 40.0. The molecule has 0 aromatic heterocycles. The number of amides is 1. The molecule has 5 nitrogen and oxygen atoms in total. The predicted molar refractivity (Wildman–Crippen MR) is 131 cm³/mol. The molecule has 1 amide bonds. The molecular formula is C28H31F3N2O3. The first kappa shape index (κ1) is 25.9. The second-order valence-electron chi connectivity index (χ2n) is 10.9. The first-order valence-electron chi connectivity index (χ1n) is 12.2. The lowest BCUT2D eigenvalue weighted by molar-refractivity contribution is -0.137. The van der Waals surface area contributed by atoms with Crippen LogP contribution in [0, 0.1) is 11.3 Å². The number of benzene rings is 2. The van der Waals surface area contributed by atoms with Crippen LogP contribution in [0.4, 0.5) is 13.2 Å². The van der Waals surface area contributed by atoms with Crippen molar-refractivity contribution < 1.29 is 27.9 Å². The minimum absolute atomic E-state index is 0.0801. The highest BCUT2D eigenvalue weighted by molar-refractivity contribution is 6.46. The molecule has 0 bridgehead atoms. The Balaban J connectivity index is 1.63. The van der Waals surface area contributed by atoms with Gasteiger partial charge in [0.15, 0.2) is 0 Å². The minimum atomic E-state index is -4.51. The van der Waals surface area contributed by atoms with Crippen LogP contribution in [0.15, 0.2) is 53.5 Å². The minimum Gasteiger partial charge on any atom is -0.478 e. The van der Waals surface area contributed by atoms with E-state index in [1.165, 1.54) is 24.3 Å². The number of nitrogens with zero attached hydrogens (tertiary/aromatic N) is 2. The van der Waals surface area contributed by atoms with Gasteiger partial charge in [0, 0.05) is 12.1 Å². The predicted octanol–water partition coefficient (Wildman–Crippen LogP) is 6.21. The topological polar surface area (TPSA) is 70.0 Å². The Morgan fingerprint density at radius 1 is 1.08 bits per heavy atom. The number of aliphatic imine (C=N–C) groups is 1. The molecule has 1 heterocycles. The van der Waals surface area contributed by atoms with E-state index in [2.05, 4.69) is 20.8 Å². The zero-order chi connectivity index (χ0) is 26.3. The van der Waals surface area contributed by atoms with Crippen molar-refractivity contribution in [3.8, 4) is 0 Å². The molecule has 2 aliphatic rings. The van der Waals surface area contributed by atoms with Crippen LogP contribution in [0.2, 0.25) is 0 Å². The van der Waals surface area contributed by atoms with Gasteiger partial charge in [0.05, 0.1) is 11.1 Å². The van der Waals surface area contributed by atoms with E-state index in [-0.39, 0.29) is 28.2 Å². The number of hydrogen-bond acceptors (Lipinski definition) is 3. The number of alkyl halides is 3. The Morgan fingerprint density at radius 2 is 1.72 bits per heavy atom. The van der Waals surface area contributed by atoms with E-state index in [9.17, 15) is 22.8 Å². The lowest BCUT2D eigenvalue weighted by Gasteiger charge is -2.45. The molecular weight excluding hydrogens is 469 g/mol. The van der Waals surface area contributed by atoms with Gasteiger partial charge in [-0.05, 0) is 73.3 Å². The highest BCUT2D eigenvalue weighted by Gasteiger charge is 2.50. The summed E-state index contributed by atoms with van der Waals surface area (Å²) in [6.07, 6.45) is -0.966. The molecule has 0 saturated heterocycles. The Labute approximate surface area is 209 Å². The Kier molecular flexibility index (Phi) is 6.75. The Bertz CT molecular complexity index is 1170. The van der Waals surface area contributed by atoms with Crippen molar-refractivity contribution in [2.45, 2.75) is 64.7 Å². The lowest BCUT2D eigenvalue weighted by atomic mass is 9.69. The fraction of sp³-hybridized carbons (Fsp3) is 0.464. The number of carboxylic acid groups (broad SMARTS) is 1. The maximum absolute atomic E-state index is 13.6. The summed E-state index contributed by atoms with van der Waals surface area (Å²) in [5.74, 6) is -0.896. The number of aromatic carboxylic acids is 1. The molecule has 2 aromatic carbocycles. The average molecular weight is 501 g/mol. The van der Waals surface area contributed by atoms with Gasteiger partial charge in [-0.15, -0.1) is 0 Å². The van der Waals surface area contributed by atoms with E-state index in [0.29, 0.717) is 31.7 Å². The molecule has 1 aliphatic carbocycles. The van der Waals surface area contributed by atoms with Crippen molar-refractivity contribution in [2.75, 3.05) is 6.54 Å². The third-order valence-electron chi connectivity index (χ3n) is 7.57. The molecule has 2 aromatic rings. The molecule has 8 heteroatoms. The number of hydrogen-bond donors (Lipinski definition) is 1.